The first-order valence-corrected chi connectivity index (χ1v) is 12.9. The molecule has 0 aromatic heterocycles. The largest absolute Gasteiger partial charge is 0.465 e. The molecule has 186 valence electrons. The first-order chi connectivity index (χ1) is 16.6. The monoisotopic (exact) mass is 538 g/mol. The third-order valence-electron chi connectivity index (χ3n) is 5.12. The van der Waals surface area contributed by atoms with E-state index in [1.807, 2.05) is 12.1 Å². The molecule has 0 spiro atoms. The number of carboxylic acid groups (broad SMARTS) is 1. The highest BCUT2D eigenvalue weighted by Gasteiger charge is 2.24. The molecule has 2 amide bonds. The van der Waals surface area contributed by atoms with Gasteiger partial charge in [-0.15, -0.1) is 0 Å². The molecular weight excluding hydrogens is 515 g/mol. The molecule has 0 saturated heterocycles. The predicted octanol–water partition coefficient (Wildman–Crippen LogP) is 3.27. The summed E-state index contributed by atoms with van der Waals surface area (Å²) in [5.74, 6) is -0.227. The van der Waals surface area contributed by atoms with E-state index >= 15 is 0 Å². The van der Waals surface area contributed by atoms with Crippen molar-refractivity contribution in [2.75, 3.05) is 32.6 Å². The van der Waals surface area contributed by atoms with Crippen molar-refractivity contribution in [1.29, 1.82) is 0 Å². The first-order valence-electron chi connectivity index (χ1n) is 10.5. The van der Waals surface area contributed by atoms with Gasteiger partial charge >= 0.3 is 6.09 Å². The number of aliphatic imine (C=N–C) groups is 1. The number of amidine groups is 1. The molecule has 0 bridgehead atoms. The molecule has 0 radical (unpaired) electrons. The lowest BCUT2D eigenvalue weighted by Crippen LogP contribution is -2.33. The summed E-state index contributed by atoms with van der Waals surface area (Å²) in [6, 6.07) is 11.7. The van der Waals surface area contributed by atoms with Crippen LogP contribution in [0.2, 0.25) is 10.0 Å². The highest BCUT2D eigenvalue weighted by molar-refractivity contribution is 7.91. The summed E-state index contributed by atoms with van der Waals surface area (Å²) < 4.78 is 24.9. The summed E-state index contributed by atoms with van der Waals surface area (Å²) in [7, 11) is -2.10. The van der Waals surface area contributed by atoms with Gasteiger partial charge in [-0.05, 0) is 17.7 Å². The average molecular weight is 539 g/mol. The summed E-state index contributed by atoms with van der Waals surface area (Å²) in [6.07, 6.45) is 1.85. The Morgan fingerprint density at radius 2 is 1.83 bits per heavy atom. The summed E-state index contributed by atoms with van der Waals surface area (Å²) in [5.41, 5.74) is 1.56. The van der Waals surface area contributed by atoms with Crippen molar-refractivity contribution in [2.24, 2.45) is 4.99 Å². The van der Waals surface area contributed by atoms with E-state index in [9.17, 15) is 23.1 Å². The van der Waals surface area contributed by atoms with Crippen molar-refractivity contribution in [2.45, 2.75) is 11.4 Å². The van der Waals surface area contributed by atoms with Gasteiger partial charge in [0.2, 0.25) is 5.91 Å². The Bertz CT molecular complexity index is 1240. The van der Waals surface area contributed by atoms with Gasteiger partial charge in [0.1, 0.15) is 16.6 Å². The Morgan fingerprint density at radius 3 is 2.46 bits per heavy atom. The van der Waals surface area contributed by atoms with Crippen LogP contribution in [0.25, 0.3) is 0 Å². The smallest absolute Gasteiger partial charge is 0.413 e. The first kappa shape index (κ1) is 26.7. The molecule has 0 saturated carbocycles. The minimum absolute atomic E-state index is 0.0510. The number of carbonyl (C=O) groups excluding carboxylic acids is 1. The molecular formula is C23H24Cl2N4O5S. The molecule has 1 aliphatic heterocycles. The number of nitrogens with zero attached hydrogens (tertiary/aromatic N) is 3. The van der Waals surface area contributed by atoms with Crippen molar-refractivity contribution in [3.63, 3.8) is 0 Å². The minimum Gasteiger partial charge on any atom is -0.465 e. The molecule has 2 aromatic carbocycles. The maximum absolute atomic E-state index is 12.5. The zero-order valence-corrected chi connectivity index (χ0v) is 21.1. The minimum atomic E-state index is -3.75. The zero-order valence-electron chi connectivity index (χ0n) is 18.8. The molecule has 0 aliphatic carbocycles. The van der Waals surface area contributed by atoms with Crippen LogP contribution in [0.5, 0.6) is 0 Å². The lowest BCUT2D eigenvalue weighted by molar-refractivity contribution is -0.125. The van der Waals surface area contributed by atoms with Crippen molar-refractivity contribution < 1.29 is 23.1 Å². The topological polar surface area (TPSA) is 119 Å². The molecule has 1 aliphatic rings. The van der Waals surface area contributed by atoms with Crippen molar-refractivity contribution in [1.82, 2.24) is 15.1 Å². The lowest BCUT2D eigenvalue weighted by Gasteiger charge is -2.17. The van der Waals surface area contributed by atoms with Gasteiger partial charge in [-0.3, -0.25) is 20.0 Å². The Balaban J connectivity index is 1.49. The van der Waals surface area contributed by atoms with Crippen LogP contribution in [-0.2, 0) is 21.2 Å². The van der Waals surface area contributed by atoms with E-state index in [1.165, 1.54) is 34.1 Å². The SMILES string of the molecule is CN(Cc1ccc(C2=NCCN2C(=O)O)cc1)C(=O)C=CCNCS(=O)(=O)c1c(Cl)cccc1Cl. The number of amides is 2. The van der Waals surface area contributed by atoms with Crippen LogP contribution < -0.4 is 5.32 Å². The molecule has 2 aromatic rings. The number of carbonyl (C=O) groups is 2. The summed E-state index contributed by atoms with van der Waals surface area (Å²) in [4.78, 5) is 30.5. The van der Waals surface area contributed by atoms with Gasteiger partial charge in [0.05, 0.1) is 23.1 Å². The normalized spacial score (nSPS) is 13.8. The molecule has 0 unspecified atom stereocenters. The van der Waals surface area contributed by atoms with E-state index < -0.39 is 15.9 Å². The molecule has 3 rings (SSSR count). The molecule has 0 fully saturated rings. The van der Waals surface area contributed by atoms with Gasteiger partial charge in [-0.25, -0.2) is 13.2 Å². The van der Waals surface area contributed by atoms with Gasteiger partial charge in [0.25, 0.3) is 0 Å². The lowest BCUT2D eigenvalue weighted by atomic mass is 10.1. The number of halogens is 2. The predicted molar refractivity (Wildman–Crippen MR) is 135 cm³/mol. The van der Waals surface area contributed by atoms with Crippen LogP contribution in [0.4, 0.5) is 4.79 Å². The van der Waals surface area contributed by atoms with E-state index in [2.05, 4.69) is 10.3 Å². The number of benzene rings is 2. The molecule has 2 N–H and O–H groups in total. The Hall–Kier alpha value is -2.92. The van der Waals surface area contributed by atoms with Crippen LogP contribution in [0.15, 0.2) is 64.5 Å². The van der Waals surface area contributed by atoms with Gasteiger partial charge in [-0.2, -0.15) is 0 Å². The number of hydrogen-bond acceptors (Lipinski definition) is 6. The van der Waals surface area contributed by atoms with Crippen LogP contribution >= 0.6 is 23.2 Å². The second-order valence-electron chi connectivity index (χ2n) is 7.70. The van der Waals surface area contributed by atoms with Crippen LogP contribution in [-0.4, -0.2) is 73.7 Å². The van der Waals surface area contributed by atoms with E-state index in [-0.39, 0.29) is 33.3 Å². The van der Waals surface area contributed by atoms with Gasteiger partial charge < -0.3 is 10.0 Å². The summed E-state index contributed by atoms with van der Waals surface area (Å²) in [5, 5.41) is 12.1. The van der Waals surface area contributed by atoms with Crippen molar-refractivity contribution >= 4 is 50.9 Å². The number of sulfone groups is 1. The quantitative estimate of drug-likeness (QED) is 0.373. The summed E-state index contributed by atoms with van der Waals surface area (Å²) >= 11 is 11.9. The Labute approximate surface area is 213 Å². The average Bonchev–Trinajstić information content (AvgIpc) is 3.29. The van der Waals surface area contributed by atoms with Crippen LogP contribution in [0.3, 0.4) is 0 Å². The van der Waals surface area contributed by atoms with Gasteiger partial charge in [0, 0.05) is 31.8 Å². The fraction of sp³-hybridized carbons (Fsp3) is 0.261. The number of hydrogen-bond donors (Lipinski definition) is 2. The van der Waals surface area contributed by atoms with Crippen LogP contribution in [0.1, 0.15) is 11.1 Å². The Kier molecular flexibility index (Phi) is 8.90. The van der Waals surface area contributed by atoms with E-state index in [1.54, 1.807) is 25.2 Å². The highest BCUT2D eigenvalue weighted by atomic mass is 35.5. The fourth-order valence-corrected chi connectivity index (χ4v) is 5.77. The molecule has 12 heteroatoms. The third kappa shape index (κ3) is 6.82. The second-order valence-corrected chi connectivity index (χ2v) is 10.4. The molecule has 35 heavy (non-hydrogen) atoms. The second kappa shape index (κ2) is 11.7. The summed E-state index contributed by atoms with van der Waals surface area (Å²) in [6.45, 7) is 1.26. The van der Waals surface area contributed by atoms with Crippen molar-refractivity contribution in [3.05, 3.63) is 75.8 Å². The molecule has 0 atom stereocenters. The van der Waals surface area contributed by atoms with Gasteiger partial charge in [-0.1, -0.05) is 59.6 Å². The maximum atomic E-state index is 12.5. The van der Waals surface area contributed by atoms with Gasteiger partial charge in [0.15, 0.2) is 9.84 Å². The maximum Gasteiger partial charge on any atom is 0.413 e. The molecule has 9 nitrogen and oxygen atoms in total. The van der Waals surface area contributed by atoms with E-state index in [4.69, 9.17) is 23.2 Å². The van der Waals surface area contributed by atoms with Crippen molar-refractivity contribution in [3.8, 4) is 0 Å². The van der Waals surface area contributed by atoms with E-state index in [0.717, 1.165) is 5.56 Å². The standard InChI is InChI=1S/C23H24Cl2N4O5S/c1-28(14-16-7-9-17(10-8-16)22-27-12-13-29(22)23(31)32)20(30)6-3-11-26-15-35(33,34)21-18(24)4-2-5-19(21)25/h2-10,26H,11-15H2,1H3,(H,31,32). The number of rotatable bonds is 9. The van der Waals surface area contributed by atoms with Crippen LogP contribution in [0, 0.1) is 0 Å². The zero-order chi connectivity index (χ0) is 25.6. The number of likely N-dealkylation sites (N-methyl/N-ethyl adjacent to an activating group) is 1. The van der Waals surface area contributed by atoms with E-state index in [0.29, 0.717) is 31.0 Å². The fourth-order valence-electron chi connectivity index (χ4n) is 3.41. The molecule has 1 heterocycles. The number of nitrogens with one attached hydrogen (secondary N) is 1. The highest BCUT2D eigenvalue weighted by Crippen LogP contribution is 2.29. The third-order valence-corrected chi connectivity index (χ3v) is 7.62. The Morgan fingerprint density at radius 1 is 1.17 bits per heavy atom.